The number of amides is 1. The summed E-state index contributed by atoms with van der Waals surface area (Å²) >= 11 is 0. The molecule has 0 radical (unpaired) electrons. The van der Waals surface area contributed by atoms with E-state index in [0.717, 1.165) is 5.56 Å². The Morgan fingerprint density at radius 1 is 1.23 bits per heavy atom. The number of hydrogen-bond donors (Lipinski definition) is 1. The number of carbonyl (C=O) groups is 1. The lowest BCUT2D eigenvalue weighted by molar-refractivity contribution is -0.145. The van der Waals surface area contributed by atoms with Gasteiger partial charge in [-0.3, -0.25) is 9.69 Å². The Morgan fingerprint density at radius 2 is 1.97 bits per heavy atom. The van der Waals surface area contributed by atoms with E-state index in [4.69, 9.17) is 9.47 Å². The van der Waals surface area contributed by atoms with Crippen molar-refractivity contribution >= 4 is 5.91 Å². The molecule has 1 saturated heterocycles. The van der Waals surface area contributed by atoms with Gasteiger partial charge < -0.3 is 14.8 Å². The molecule has 0 spiro atoms. The fourth-order valence-electron chi connectivity index (χ4n) is 3.58. The maximum Gasteiger partial charge on any atom is 0.451 e. The number of nitrogens with one attached hydrogen (secondary N) is 1. The monoisotopic (exact) mass is 423 g/mol. The Labute approximate surface area is 170 Å². The summed E-state index contributed by atoms with van der Waals surface area (Å²) < 4.78 is 49.2. The van der Waals surface area contributed by atoms with Gasteiger partial charge in [-0.05, 0) is 6.07 Å². The number of nitrogens with zero attached hydrogens (tertiary/aromatic N) is 4. The predicted octanol–water partition coefficient (Wildman–Crippen LogP) is 1.56. The molecule has 0 unspecified atom stereocenters. The molecule has 0 aromatic carbocycles. The molecule has 8 nitrogen and oxygen atoms in total. The molecule has 1 fully saturated rings. The minimum atomic E-state index is -4.61. The number of rotatable bonds is 5. The molecule has 2 aromatic rings. The molecule has 2 aromatic heterocycles. The lowest BCUT2D eigenvalue weighted by atomic mass is 10.0. The van der Waals surface area contributed by atoms with Gasteiger partial charge in [-0.1, -0.05) is 6.07 Å². The van der Waals surface area contributed by atoms with E-state index in [9.17, 15) is 18.0 Å². The normalized spacial score (nSPS) is 20.3. The lowest BCUT2D eigenvalue weighted by Gasteiger charge is -2.34. The van der Waals surface area contributed by atoms with Crippen molar-refractivity contribution in [2.45, 2.75) is 18.1 Å². The van der Waals surface area contributed by atoms with E-state index < -0.39 is 17.9 Å². The zero-order valence-corrected chi connectivity index (χ0v) is 15.9. The number of carbonyl (C=O) groups excluding carboxylic acids is 1. The molecule has 11 heteroatoms. The van der Waals surface area contributed by atoms with Crippen LogP contribution in [0.1, 0.15) is 28.9 Å². The first-order valence-electron chi connectivity index (χ1n) is 9.50. The third kappa shape index (κ3) is 4.36. The third-order valence-electron chi connectivity index (χ3n) is 5.15. The van der Waals surface area contributed by atoms with E-state index in [1.165, 1.54) is 12.4 Å². The second-order valence-electron chi connectivity index (χ2n) is 7.01. The number of fused-ring (bicyclic) bond motifs is 1. The van der Waals surface area contributed by atoms with Crippen LogP contribution in [0.15, 0.2) is 30.7 Å². The minimum Gasteiger partial charge on any atom is -0.476 e. The maximum absolute atomic E-state index is 12.8. The van der Waals surface area contributed by atoms with Crippen LogP contribution < -0.4 is 10.1 Å². The van der Waals surface area contributed by atoms with E-state index >= 15 is 0 Å². The van der Waals surface area contributed by atoms with Crippen LogP contribution in [0.5, 0.6) is 5.88 Å². The van der Waals surface area contributed by atoms with Crippen molar-refractivity contribution in [1.82, 2.24) is 25.2 Å². The summed E-state index contributed by atoms with van der Waals surface area (Å²) in [6.45, 7) is 2.56. The predicted molar refractivity (Wildman–Crippen MR) is 97.6 cm³/mol. The largest absolute Gasteiger partial charge is 0.476 e. The summed E-state index contributed by atoms with van der Waals surface area (Å²) in [5.41, 5.74) is 1.21. The second kappa shape index (κ2) is 8.52. The number of aromatic nitrogens is 3. The summed E-state index contributed by atoms with van der Waals surface area (Å²) in [6.07, 6.45) is -0.677. The topological polar surface area (TPSA) is 89.5 Å². The van der Waals surface area contributed by atoms with Crippen LogP contribution in [0.2, 0.25) is 0 Å². The highest BCUT2D eigenvalue weighted by Gasteiger charge is 2.35. The molecule has 4 heterocycles. The standard InChI is InChI=1S/C19H20F3N5O3/c20-19(21,22)18-25-8-12(9-26-18)15(27-4-6-29-7-5-27)10-24-16(28)14-11-30-17-13(14)2-1-3-23-17/h1-3,8-9,14-15H,4-7,10-11H2,(H,24,28)/t14-,15+/m0/s1. The van der Waals surface area contributed by atoms with Gasteiger partial charge in [0, 0.05) is 49.4 Å². The Balaban J connectivity index is 1.49. The number of hydrogen-bond acceptors (Lipinski definition) is 7. The van der Waals surface area contributed by atoms with Crippen LogP contribution in [0.25, 0.3) is 0 Å². The quantitative estimate of drug-likeness (QED) is 0.781. The van der Waals surface area contributed by atoms with Crippen molar-refractivity contribution in [3.63, 3.8) is 0 Å². The van der Waals surface area contributed by atoms with E-state index in [1.54, 1.807) is 18.3 Å². The third-order valence-corrected chi connectivity index (χ3v) is 5.15. The first kappa shape index (κ1) is 20.5. The average molecular weight is 423 g/mol. The summed E-state index contributed by atoms with van der Waals surface area (Å²) in [7, 11) is 0. The molecule has 4 rings (SSSR count). The molecule has 2 atom stereocenters. The average Bonchev–Trinajstić information content (AvgIpc) is 3.18. The summed E-state index contributed by atoms with van der Waals surface area (Å²) in [4.78, 5) is 25.8. The van der Waals surface area contributed by atoms with Crippen LogP contribution >= 0.6 is 0 Å². The Morgan fingerprint density at radius 3 is 2.67 bits per heavy atom. The Kier molecular flexibility index (Phi) is 5.82. The Bertz CT molecular complexity index is 888. The van der Waals surface area contributed by atoms with E-state index in [1.807, 2.05) is 4.90 Å². The molecule has 0 saturated carbocycles. The van der Waals surface area contributed by atoms with Gasteiger partial charge in [0.25, 0.3) is 0 Å². The van der Waals surface area contributed by atoms with Crippen LogP contribution in [0, 0.1) is 0 Å². The van der Waals surface area contributed by atoms with Gasteiger partial charge in [-0.25, -0.2) is 15.0 Å². The molecular weight excluding hydrogens is 403 g/mol. The lowest BCUT2D eigenvalue weighted by Crippen LogP contribution is -2.44. The number of pyridine rings is 1. The maximum atomic E-state index is 12.8. The summed E-state index contributed by atoms with van der Waals surface area (Å²) in [5.74, 6) is -1.46. The first-order valence-corrected chi connectivity index (χ1v) is 9.50. The highest BCUT2D eigenvalue weighted by atomic mass is 19.4. The summed E-state index contributed by atoms with van der Waals surface area (Å²) in [6, 6.07) is 3.16. The Hall–Kier alpha value is -2.79. The SMILES string of the molecule is O=C(NC[C@H](c1cnc(C(F)(F)F)nc1)N1CCOCC1)[C@H]1COc2ncccc21. The smallest absolute Gasteiger partial charge is 0.451 e. The van der Waals surface area contributed by atoms with Gasteiger partial charge in [-0.15, -0.1) is 0 Å². The van der Waals surface area contributed by atoms with Gasteiger partial charge in [0.2, 0.25) is 17.6 Å². The molecule has 1 amide bonds. The van der Waals surface area contributed by atoms with Gasteiger partial charge in [0.15, 0.2) is 0 Å². The van der Waals surface area contributed by atoms with Crippen molar-refractivity contribution in [2.24, 2.45) is 0 Å². The van der Waals surface area contributed by atoms with E-state index in [-0.39, 0.29) is 25.1 Å². The number of morpholine rings is 1. The van der Waals surface area contributed by atoms with Gasteiger partial charge in [0.1, 0.15) is 12.5 Å². The van der Waals surface area contributed by atoms with Crippen molar-refractivity contribution < 1.29 is 27.4 Å². The molecule has 1 N–H and O–H groups in total. The van der Waals surface area contributed by atoms with Crippen molar-refractivity contribution in [3.8, 4) is 5.88 Å². The number of alkyl halides is 3. The minimum absolute atomic E-state index is 0.194. The molecule has 0 bridgehead atoms. The number of ether oxygens (including phenoxy) is 2. The summed E-state index contributed by atoms with van der Waals surface area (Å²) in [5, 5.41) is 2.90. The van der Waals surface area contributed by atoms with Crippen LogP contribution in [-0.4, -0.2) is 65.2 Å². The molecule has 30 heavy (non-hydrogen) atoms. The van der Waals surface area contributed by atoms with Crippen molar-refractivity contribution in [3.05, 3.63) is 47.7 Å². The van der Waals surface area contributed by atoms with E-state index in [2.05, 4.69) is 20.3 Å². The number of halogens is 3. The molecule has 0 aliphatic carbocycles. The molecule has 160 valence electrons. The van der Waals surface area contributed by atoms with E-state index in [0.29, 0.717) is 37.7 Å². The van der Waals surface area contributed by atoms with Gasteiger partial charge in [0.05, 0.1) is 19.3 Å². The zero-order chi connectivity index (χ0) is 21.1. The molecular formula is C19H20F3N5O3. The van der Waals surface area contributed by atoms with Crippen LogP contribution in [-0.2, 0) is 15.7 Å². The van der Waals surface area contributed by atoms with Crippen molar-refractivity contribution in [2.75, 3.05) is 39.5 Å². The molecule has 2 aliphatic rings. The first-order chi connectivity index (χ1) is 14.4. The fraction of sp³-hybridized carbons (Fsp3) is 0.474. The highest BCUT2D eigenvalue weighted by Crippen LogP contribution is 2.32. The van der Waals surface area contributed by atoms with Crippen LogP contribution in [0.4, 0.5) is 13.2 Å². The highest BCUT2D eigenvalue weighted by molar-refractivity contribution is 5.85. The second-order valence-corrected chi connectivity index (χ2v) is 7.01. The van der Waals surface area contributed by atoms with Crippen molar-refractivity contribution in [1.29, 1.82) is 0 Å². The zero-order valence-electron chi connectivity index (χ0n) is 15.9. The van der Waals surface area contributed by atoms with Gasteiger partial charge in [-0.2, -0.15) is 13.2 Å². The van der Waals surface area contributed by atoms with Gasteiger partial charge >= 0.3 is 6.18 Å². The fourth-order valence-corrected chi connectivity index (χ4v) is 3.58. The van der Waals surface area contributed by atoms with Crippen LogP contribution in [0.3, 0.4) is 0 Å². The molecule has 2 aliphatic heterocycles.